The summed E-state index contributed by atoms with van der Waals surface area (Å²) < 4.78 is 0. The lowest BCUT2D eigenvalue weighted by Crippen LogP contribution is -2.33. The minimum absolute atomic E-state index is 0.688. The van der Waals surface area contributed by atoms with Gasteiger partial charge in [-0.05, 0) is 43.9 Å². The van der Waals surface area contributed by atoms with E-state index in [-0.39, 0.29) is 0 Å². The third kappa shape index (κ3) is 1.71. The number of fused-ring (bicyclic) bond motifs is 1. The quantitative estimate of drug-likeness (QED) is 0.814. The average molecular weight is 216 g/mol. The van der Waals surface area contributed by atoms with Crippen molar-refractivity contribution in [2.45, 2.75) is 25.8 Å². The Balaban J connectivity index is 1.73. The highest BCUT2D eigenvalue weighted by Gasteiger charge is 2.27. The van der Waals surface area contributed by atoms with E-state index < -0.39 is 0 Å². The van der Waals surface area contributed by atoms with Crippen LogP contribution in [-0.2, 0) is 6.42 Å². The Kier molecular flexibility index (Phi) is 2.60. The van der Waals surface area contributed by atoms with E-state index in [2.05, 4.69) is 41.4 Å². The van der Waals surface area contributed by atoms with Crippen LogP contribution < -0.4 is 10.2 Å². The van der Waals surface area contributed by atoms with Crippen molar-refractivity contribution in [3.8, 4) is 0 Å². The van der Waals surface area contributed by atoms with E-state index in [9.17, 15) is 0 Å². The number of benzene rings is 1. The van der Waals surface area contributed by atoms with E-state index in [0.29, 0.717) is 6.04 Å². The summed E-state index contributed by atoms with van der Waals surface area (Å²) in [7, 11) is 0. The van der Waals surface area contributed by atoms with Crippen molar-refractivity contribution in [3.05, 3.63) is 29.8 Å². The first-order valence-corrected chi connectivity index (χ1v) is 6.41. The Morgan fingerprint density at radius 1 is 1.38 bits per heavy atom. The zero-order valence-corrected chi connectivity index (χ0v) is 9.95. The molecule has 2 heteroatoms. The fourth-order valence-electron chi connectivity index (χ4n) is 3.04. The molecule has 1 saturated heterocycles. The van der Waals surface area contributed by atoms with E-state index in [0.717, 1.165) is 5.92 Å². The predicted molar refractivity (Wildman–Crippen MR) is 67.9 cm³/mol. The highest BCUT2D eigenvalue weighted by molar-refractivity contribution is 5.57. The van der Waals surface area contributed by atoms with Crippen LogP contribution in [0.5, 0.6) is 0 Å². The van der Waals surface area contributed by atoms with Crippen LogP contribution in [0.4, 0.5) is 5.69 Å². The van der Waals surface area contributed by atoms with Crippen molar-refractivity contribution in [2.24, 2.45) is 5.92 Å². The molecule has 1 N–H and O–H groups in total. The Morgan fingerprint density at radius 3 is 3.06 bits per heavy atom. The second-order valence-corrected chi connectivity index (χ2v) is 5.12. The van der Waals surface area contributed by atoms with Crippen LogP contribution in [0.15, 0.2) is 24.3 Å². The van der Waals surface area contributed by atoms with Crippen LogP contribution in [0.25, 0.3) is 0 Å². The highest BCUT2D eigenvalue weighted by atomic mass is 15.2. The number of rotatable bonds is 2. The number of anilines is 1. The molecule has 0 spiro atoms. The van der Waals surface area contributed by atoms with Gasteiger partial charge in [-0.25, -0.2) is 0 Å². The first-order chi connectivity index (χ1) is 7.84. The second-order valence-electron chi connectivity index (χ2n) is 5.12. The Labute approximate surface area is 97.6 Å². The Bertz CT molecular complexity index is 375. The molecule has 1 aromatic carbocycles. The van der Waals surface area contributed by atoms with Gasteiger partial charge in [0.05, 0.1) is 0 Å². The van der Waals surface area contributed by atoms with Gasteiger partial charge in [0.15, 0.2) is 0 Å². The lowest BCUT2D eigenvalue weighted by molar-refractivity contribution is 0.473. The van der Waals surface area contributed by atoms with Crippen molar-refractivity contribution in [3.63, 3.8) is 0 Å². The van der Waals surface area contributed by atoms with Gasteiger partial charge in [-0.1, -0.05) is 18.2 Å². The van der Waals surface area contributed by atoms with E-state index >= 15 is 0 Å². The Hall–Kier alpha value is -1.02. The molecule has 0 aromatic heterocycles. The van der Waals surface area contributed by atoms with Crippen LogP contribution in [0.3, 0.4) is 0 Å². The van der Waals surface area contributed by atoms with Crippen LogP contribution >= 0.6 is 0 Å². The molecule has 0 amide bonds. The molecule has 2 unspecified atom stereocenters. The summed E-state index contributed by atoms with van der Waals surface area (Å²) in [4.78, 5) is 2.57. The van der Waals surface area contributed by atoms with Gasteiger partial charge >= 0.3 is 0 Å². The van der Waals surface area contributed by atoms with Gasteiger partial charge in [-0.2, -0.15) is 0 Å². The molecule has 0 radical (unpaired) electrons. The molecular weight excluding hydrogens is 196 g/mol. The summed E-state index contributed by atoms with van der Waals surface area (Å²) in [6.45, 7) is 5.95. The van der Waals surface area contributed by atoms with E-state index in [1.165, 1.54) is 43.7 Å². The molecule has 0 aliphatic carbocycles. The topological polar surface area (TPSA) is 15.3 Å². The molecule has 16 heavy (non-hydrogen) atoms. The molecule has 1 aromatic rings. The molecule has 2 heterocycles. The van der Waals surface area contributed by atoms with Crippen molar-refractivity contribution >= 4 is 5.69 Å². The third-order valence-corrected chi connectivity index (χ3v) is 4.13. The molecule has 2 atom stereocenters. The molecule has 0 bridgehead atoms. The summed E-state index contributed by atoms with van der Waals surface area (Å²) in [6.07, 6.45) is 2.56. The molecular formula is C14H20N2. The minimum atomic E-state index is 0.688. The van der Waals surface area contributed by atoms with Gasteiger partial charge in [0.2, 0.25) is 0 Å². The van der Waals surface area contributed by atoms with Crippen LogP contribution in [0.2, 0.25) is 0 Å². The number of para-hydroxylation sites is 1. The lowest BCUT2D eigenvalue weighted by Gasteiger charge is -2.25. The van der Waals surface area contributed by atoms with Gasteiger partial charge in [-0.15, -0.1) is 0 Å². The molecule has 2 nitrogen and oxygen atoms in total. The van der Waals surface area contributed by atoms with Gasteiger partial charge in [0, 0.05) is 24.8 Å². The van der Waals surface area contributed by atoms with Gasteiger partial charge < -0.3 is 10.2 Å². The first-order valence-electron chi connectivity index (χ1n) is 6.41. The summed E-state index contributed by atoms with van der Waals surface area (Å²) in [5, 5.41) is 3.54. The van der Waals surface area contributed by atoms with E-state index in [1.54, 1.807) is 0 Å². The standard InChI is InChI=1S/C14H20N2/c1-11-13(6-8-15-11)10-16-9-7-12-4-2-3-5-14(12)16/h2-5,11,13,15H,6-10H2,1H3. The van der Waals surface area contributed by atoms with Gasteiger partial charge in [-0.3, -0.25) is 0 Å². The van der Waals surface area contributed by atoms with Crippen LogP contribution in [-0.4, -0.2) is 25.7 Å². The van der Waals surface area contributed by atoms with Crippen molar-refractivity contribution in [1.29, 1.82) is 0 Å². The number of hydrogen-bond acceptors (Lipinski definition) is 2. The fraction of sp³-hybridized carbons (Fsp3) is 0.571. The smallest absolute Gasteiger partial charge is 0.0399 e. The zero-order chi connectivity index (χ0) is 11.0. The number of nitrogens with one attached hydrogen (secondary N) is 1. The molecule has 0 saturated carbocycles. The Morgan fingerprint density at radius 2 is 2.25 bits per heavy atom. The maximum Gasteiger partial charge on any atom is 0.0399 e. The highest BCUT2D eigenvalue weighted by Crippen LogP contribution is 2.29. The first kappa shape index (κ1) is 10.2. The van der Waals surface area contributed by atoms with E-state index in [1.807, 2.05) is 0 Å². The average Bonchev–Trinajstić information content (AvgIpc) is 2.88. The molecule has 2 aliphatic heterocycles. The normalized spacial score (nSPS) is 28.4. The van der Waals surface area contributed by atoms with Crippen LogP contribution in [0, 0.1) is 5.92 Å². The molecule has 2 aliphatic rings. The molecule has 1 fully saturated rings. The van der Waals surface area contributed by atoms with Gasteiger partial charge in [0.1, 0.15) is 0 Å². The van der Waals surface area contributed by atoms with Gasteiger partial charge in [0.25, 0.3) is 0 Å². The fourth-order valence-corrected chi connectivity index (χ4v) is 3.04. The largest absolute Gasteiger partial charge is 0.371 e. The summed E-state index contributed by atoms with van der Waals surface area (Å²) >= 11 is 0. The maximum atomic E-state index is 3.54. The summed E-state index contributed by atoms with van der Waals surface area (Å²) in [5.41, 5.74) is 3.00. The predicted octanol–water partition coefficient (Wildman–Crippen LogP) is 2.05. The van der Waals surface area contributed by atoms with Crippen molar-refractivity contribution in [2.75, 3.05) is 24.5 Å². The molecule has 3 rings (SSSR count). The minimum Gasteiger partial charge on any atom is -0.371 e. The SMILES string of the molecule is CC1NCCC1CN1CCc2ccccc21. The third-order valence-electron chi connectivity index (χ3n) is 4.13. The number of hydrogen-bond donors (Lipinski definition) is 1. The summed E-state index contributed by atoms with van der Waals surface area (Å²) in [6, 6.07) is 9.55. The van der Waals surface area contributed by atoms with Crippen molar-refractivity contribution < 1.29 is 0 Å². The number of nitrogens with zero attached hydrogens (tertiary/aromatic N) is 1. The van der Waals surface area contributed by atoms with E-state index in [4.69, 9.17) is 0 Å². The lowest BCUT2D eigenvalue weighted by atomic mass is 10.0. The second kappa shape index (κ2) is 4.10. The monoisotopic (exact) mass is 216 g/mol. The molecule has 86 valence electrons. The zero-order valence-electron chi connectivity index (χ0n) is 9.95. The maximum absolute atomic E-state index is 3.54. The summed E-state index contributed by atoms with van der Waals surface area (Å²) in [5.74, 6) is 0.825. The van der Waals surface area contributed by atoms with Crippen molar-refractivity contribution in [1.82, 2.24) is 5.32 Å². The van der Waals surface area contributed by atoms with Crippen LogP contribution in [0.1, 0.15) is 18.9 Å².